The lowest BCUT2D eigenvalue weighted by atomic mass is 10.0. The average Bonchev–Trinajstić information content (AvgIpc) is 3.55. The van der Waals surface area contributed by atoms with Crippen molar-refractivity contribution in [2.24, 2.45) is 0 Å². The van der Waals surface area contributed by atoms with Crippen LogP contribution >= 0.6 is 23.2 Å². The van der Waals surface area contributed by atoms with Crippen molar-refractivity contribution in [1.29, 1.82) is 0 Å². The van der Waals surface area contributed by atoms with Gasteiger partial charge in [-0.05, 0) is 60.0 Å². The van der Waals surface area contributed by atoms with Crippen LogP contribution in [0.15, 0.2) is 71.9 Å². The van der Waals surface area contributed by atoms with Gasteiger partial charge in [-0.25, -0.2) is 18.1 Å². The van der Waals surface area contributed by atoms with E-state index in [0.717, 1.165) is 18.0 Å². The van der Waals surface area contributed by atoms with E-state index in [4.69, 9.17) is 23.2 Å². The zero-order valence-electron chi connectivity index (χ0n) is 22.1. The van der Waals surface area contributed by atoms with Crippen molar-refractivity contribution in [2.45, 2.75) is 31.0 Å². The molecule has 0 atom stereocenters. The van der Waals surface area contributed by atoms with Crippen LogP contribution in [0.4, 0.5) is 13.2 Å². The Kier molecular flexibility index (Phi) is 7.92. The molecule has 0 amide bonds. The van der Waals surface area contributed by atoms with Crippen LogP contribution in [0, 0.1) is 6.92 Å². The van der Waals surface area contributed by atoms with Crippen molar-refractivity contribution in [3.8, 4) is 22.5 Å². The zero-order chi connectivity index (χ0) is 30.4. The van der Waals surface area contributed by atoms with Gasteiger partial charge in [-0.2, -0.15) is 13.2 Å². The SMILES string of the molecule is Cc1nc(C(F)(F)F)cn1-c1ccc(-c2cc(Cl)c(CO)c(S(C)(=O)=O)c2)cc1-n1nncc1Cc1ccc(Cl)cc1. The van der Waals surface area contributed by atoms with E-state index in [2.05, 4.69) is 15.3 Å². The van der Waals surface area contributed by atoms with E-state index in [1.807, 2.05) is 12.1 Å². The van der Waals surface area contributed by atoms with Crippen molar-refractivity contribution in [3.05, 3.63) is 105 Å². The fourth-order valence-corrected chi connectivity index (χ4v) is 6.01. The molecule has 14 heteroatoms. The van der Waals surface area contributed by atoms with E-state index in [1.54, 1.807) is 36.5 Å². The number of hydrogen-bond acceptors (Lipinski definition) is 6. The summed E-state index contributed by atoms with van der Waals surface area (Å²) in [7, 11) is -3.76. The summed E-state index contributed by atoms with van der Waals surface area (Å²) in [5, 5.41) is 18.6. The summed E-state index contributed by atoms with van der Waals surface area (Å²) in [6.07, 6.45) is -0.829. The molecule has 3 aromatic carbocycles. The molecule has 0 fully saturated rings. The van der Waals surface area contributed by atoms with E-state index in [-0.39, 0.29) is 21.3 Å². The molecular weight excluding hydrogens is 614 g/mol. The number of imidazole rings is 1. The molecular formula is C28H22Cl2F3N5O3S. The molecule has 0 aliphatic heterocycles. The first-order chi connectivity index (χ1) is 19.8. The van der Waals surface area contributed by atoms with E-state index in [9.17, 15) is 26.7 Å². The van der Waals surface area contributed by atoms with Gasteiger partial charge >= 0.3 is 6.18 Å². The summed E-state index contributed by atoms with van der Waals surface area (Å²) >= 11 is 12.4. The number of sulfone groups is 1. The van der Waals surface area contributed by atoms with E-state index < -0.39 is 28.3 Å². The first kappa shape index (κ1) is 29.8. The average molecular weight is 636 g/mol. The smallest absolute Gasteiger partial charge is 0.392 e. The van der Waals surface area contributed by atoms with E-state index >= 15 is 0 Å². The Morgan fingerprint density at radius 3 is 2.31 bits per heavy atom. The third-order valence-electron chi connectivity index (χ3n) is 6.60. The molecule has 2 heterocycles. The molecule has 0 unspecified atom stereocenters. The van der Waals surface area contributed by atoms with Gasteiger partial charge in [-0.15, -0.1) is 5.10 Å². The zero-order valence-corrected chi connectivity index (χ0v) is 24.4. The summed E-state index contributed by atoms with van der Waals surface area (Å²) in [5.41, 5.74) is 2.09. The molecule has 1 N–H and O–H groups in total. The largest absolute Gasteiger partial charge is 0.434 e. The number of aliphatic hydroxyl groups excluding tert-OH is 1. The van der Waals surface area contributed by atoms with Crippen molar-refractivity contribution in [1.82, 2.24) is 24.5 Å². The highest BCUT2D eigenvalue weighted by molar-refractivity contribution is 7.90. The number of rotatable bonds is 7. The first-order valence-electron chi connectivity index (χ1n) is 12.3. The molecule has 42 heavy (non-hydrogen) atoms. The summed E-state index contributed by atoms with van der Waals surface area (Å²) in [6.45, 7) is 0.870. The predicted octanol–water partition coefficient (Wildman–Crippen LogP) is 6.24. The van der Waals surface area contributed by atoms with Gasteiger partial charge in [0.05, 0.1) is 34.8 Å². The lowest BCUT2D eigenvalue weighted by molar-refractivity contribution is -0.141. The van der Waals surface area contributed by atoms with Gasteiger partial charge in [0.2, 0.25) is 0 Å². The summed E-state index contributed by atoms with van der Waals surface area (Å²) in [4.78, 5) is 3.56. The Morgan fingerprint density at radius 1 is 0.976 bits per heavy atom. The van der Waals surface area contributed by atoms with Gasteiger partial charge in [0, 0.05) is 34.5 Å². The van der Waals surface area contributed by atoms with Crippen molar-refractivity contribution < 1.29 is 26.7 Å². The van der Waals surface area contributed by atoms with Crippen molar-refractivity contribution >= 4 is 33.0 Å². The summed E-state index contributed by atoms with van der Waals surface area (Å²) in [5.74, 6) is 0.0883. The maximum absolute atomic E-state index is 13.5. The Labute approximate surface area is 248 Å². The summed E-state index contributed by atoms with van der Waals surface area (Å²) < 4.78 is 68.4. The highest BCUT2D eigenvalue weighted by atomic mass is 35.5. The van der Waals surface area contributed by atoms with Gasteiger partial charge in [0.15, 0.2) is 15.5 Å². The second-order valence-corrected chi connectivity index (χ2v) is 12.4. The standard InChI is InChI=1S/C28H22Cl2F3N5O3S/c1-16-35-27(28(31,32)33)14-37(16)24-8-5-18(19-10-23(30)22(15-39)26(12-19)42(2,40)41)11-25(24)38-21(13-34-36-38)9-17-3-6-20(29)7-4-17/h3-8,10-14,39H,9,15H2,1-2H3. The van der Waals surface area contributed by atoms with Crippen LogP contribution in [0.25, 0.3) is 22.5 Å². The molecule has 0 spiro atoms. The number of aliphatic hydroxyl groups is 1. The lowest BCUT2D eigenvalue weighted by Gasteiger charge is -2.17. The monoisotopic (exact) mass is 635 g/mol. The van der Waals surface area contributed by atoms with Crippen molar-refractivity contribution in [3.63, 3.8) is 0 Å². The first-order valence-corrected chi connectivity index (χ1v) is 15.0. The number of benzene rings is 3. The van der Waals surface area contributed by atoms with Crippen LogP contribution in [0.2, 0.25) is 10.0 Å². The fraction of sp³-hybridized carbons (Fsp3) is 0.179. The molecule has 0 aliphatic carbocycles. The molecule has 8 nitrogen and oxygen atoms in total. The Bertz CT molecular complexity index is 1900. The lowest BCUT2D eigenvalue weighted by Crippen LogP contribution is -2.09. The van der Waals surface area contributed by atoms with Gasteiger partial charge in [0.25, 0.3) is 0 Å². The number of hydrogen-bond donors (Lipinski definition) is 1. The molecule has 2 aromatic heterocycles. The van der Waals surface area contributed by atoms with Gasteiger partial charge in [0.1, 0.15) is 5.82 Å². The topological polar surface area (TPSA) is 103 Å². The van der Waals surface area contributed by atoms with Crippen LogP contribution in [-0.4, -0.2) is 44.3 Å². The highest BCUT2D eigenvalue weighted by Crippen LogP contribution is 2.35. The Balaban J connectivity index is 1.72. The van der Waals surface area contributed by atoms with Crippen LogP contribution in [0.3, 0.4) is 0 Å². The highest BCUT2D eigenvalue weighted by Gasteiger charge is 2.35. The normalized spacial score (nSPS) is 12.2. The minimum atomic E-state index is -4.66. The number of nitrogens with zero attached hydrogens (tertiary/aromatic N) is 5. The van der Waals surface area contributed by atoms with Crippen LogP contribution < -0.4 is 0 Å². The number of aryl methyl sites for hydroxylation is 1. The third-order valence-corrected chi connectivity index (χ3v) is 8.35. The minimum Gasteiger partial charge on any atom is -0.392 e. The molecule has 5 rings (SSSR count). The molecule has 0 radical (unpaired) electrons. The minimum absolute atomic E-state index is 0.0468. The quantitative estimate of drug-likeness (QED) is 0.227. The molecule has 0 bridgehead atoms. The third kappa shape index (κ3) is 5.93. The molecule has 0 aliphatic rings. The molecule has 0 saturated carbocycles. The van der Waals surface area contributed by atoms with Crippen LogP contribution in [-0.2, 0) is 29.0 Å². The maximum Gasteiger partial charge on any atom is 0.434 e. The Hall–Kier alpha value is -3.71. The van der Waals surface area contributed by atoms with Crippen LogP contribution in [0.5, 0.6) is 0 Å². The Morgan fingerprint density at radius 2 is 1.69 bits per heavy atom. The van der Waals surface area contributed by atoms with Gasteiger partial charge in [-0.1, -0.05) is 46.6 Å². The molecule has 218 valence electrons. The van der Waals surface area contributed by atoms with Gasteiger partial charge in [-0.3, -0.25) is 0 Å². The van der Waals surface area contributed by atoms with E-state index in [1.165, 1.54) is 28.3 Å². The second kappa shape index (κ2) is 11.2. The van der Waals surface area contributed by atoms with Crippen molar-refractivity contribution in [2.75, 3.05) is 6.26 Å². The molecule has 5 aromatic rings. The predicted molar refractivity (Wildman–Crippen MR) is 152 cm³/mol. The number of aromatic nitrogens is 5. The number of halogens is 5. The second-order valence-electron chi connectivity index (χ2n) is 9.55. The van der Waals surface area contributed by atoms with E-state index in [0.29, 0.717) is 39.6 Å². The van der Waals surface area contributed by atoms with Crippen LogP contribution in [0.1, 0.15) is 28.3 Å². The molecule has 0 saturated heterocycles. The number of alkyl halides is 3. The maximum atomic E-state index is 13.5. The summed E-state index contributed by atoms with van der Waals surface area (Å²) in [6, 6.07) is 14.9. The van der Waals surface area contributed by atoms with Gasteiger partial charge < -0.3 is 9.67 Å². The fourth-order valence-electron chi connectivity index (χ4n) is 4.58.